The molecule has 4 rings (SSSR count). The first-order valence-electron chi connectivity index (χ1n) is 11.3. The highest BCUT2D eigenvalue weighted by Gasteiger charge is 2.13. The summed E-state index contributed by atoms with van der Waals surface area (Å²) >= 11 is 0. The summed E-state index contributed by atoms with van der Waals surface area (Å²) in [7, 11) is 0. The van der Waals surface area contributed by atoms with E-state index >= 15 is 0 Å². The summed E-state index contributed by atoms with van der Waals surface area (Å²) in [5.41, 5.74) is 1.51. The van der Waals surface area contributed by atoms with Gasteiger partial charge < -0.3 is 34.9 Å². The number of amides is 1. The summed E-state index contributed by atoms with van der Waals surface area (Å²) in [6, 6.07) is 12.1. The monoisotopic (exact) mass is 495 g/mol. The molecular formula is C25H26FN5O5. The highest BCUT2D eigenvalue weighted by molar-refractivity contribution is 6.01. The molecule has 2 heterocycles. The summed E-state index contributed by atoms with van der Waals surface area (Å²) < 4.78 is 37.0. The van der Waals surface area contributed by atoms with Crippen LogP contribution in [0.5, 0.6) is 11.5 Å². The summed E-state index contributed by atoms with van der Waals surface area (Å²) in [4.78, 5) is 20.0. The molecule has 10 nitrogen and oxygen atoms in total. The van der Waals surface area contributed by atoms with Crippen LogP contribution in [-0.4, -0.2) is 55.5 Å². The van der Waals surface area contributed by atoms with Gasteiger partial charge in [0.1, 0.15) is 13.2 Å². The Labute approximate surface area is 207 Å². The van der Waals surface area contributed by atoms with Crippen LogP contribution in [0.4, 0.5) is 33.2 Å². The van der Waals surface area contributed by atoms with Crippen LogP contribution in [0.25, 0.3) is 0 Å². The zero-order valence-electron chi connectivity index (χ0n) is 19.5. The second kappa shape index (κ2) is 12.5. The van der Waals surface area contributed by atoms with E-state index in [4.69, 9.17) is 18.9 Å². The molecule has 0 radical (unpaired) electrons. The molecule has 0 aliphatic carbocycles. The molecule has 36 heavy (non-hydrogen) atoms. The van der Waals surface area contributed by atoms with E-state index < -0.39 is 11.7 Å². The fourth-order valence-corrected chi connectivity index (χ4v) is 3.22. The van der Waals surface area contributed by atoms with Gasteiger partial charge in [-0.3, -0.25) is 4.79 Å². The van der Waals surface area contributed by atoms with Gasteiger partial charge in [0.25, 0.3) is 0 Å². The minimum Gasteiger partial charge on any atom is -0.487 e. The molecular weight excluding hydrogens is 469 g/mol. The zero-order chi connectivity index (χ0) is 25.2. The van der Waals surface area contributed by atoms with E-state index in [-0.39, 0.29) is 11.8 Å². The van der Waals surface area contributed by atoms with Gasteiger partial charge in [-0.15, -0.1) is 0 Å². The molecule has 0 unspecified atom stereocenters. The third kappa shape index (κ3) is 6.90. The third-order valence-electron chi connectivity index (χ3n) is 4.91. The molecule has 188 valence electrons. The number of hydrogen-bond donors (Lipinski definition) is 3. The minimum atomic E-state index is -0.665. The standard InChI is InChI=1S/C25H26FN5O5/c1-2-23(32)29-19-5-3-4-6-20(19)30-24-18(26)16-27-25(31-24)28-17-7-8-21-22(15-17)36-14-12-34-10-9-33-11-13-35-21/h2-8,15-16H,1,9-14H2,(H,29,32)(H2,27,28,30,31). The number of halogens is 1. The van der Waals surface area contributed by atoms with E-state index in [9.17, 15) is 9.18 Å². The number of nitrogens with one attached hydrogen (secondary N) is 3. The fourth-order valence-electron chi connectivity index (χ4n) is 3.22. The number of anilines is 5. The van der Waals surface area contributed by atoms with Crippen LogP contribution in [0.1, 0.15) is 0 Å². The van der Waals surface area contributed by atoms with E-state index in [1.807, 2.05) is 0 Å². The molecule has 3 aromatic rings. The molecule has 1 aliphatic heterocycles. The van der Waals surface area contributed by atoms with E-state index in [1.165, 1.54) is 0 Å². The first kappa shape index (κ1) is 24.9. The van der Waals surface area contributed by atoms with Crippen molar-refractivity contribution in [3.63, 3.8) is 0 Å². The molecule has 1 aromatic heterocycles. The lowest BCUT2D eigenvalue weighted by molar-refractivity contribution is -0.111. The average molecular weight is 496 g/mol. The number of carbonyl (C=O) groups excluding carboxylic acids is 1. The molecule has 3 N–H and O–H groups in total. The number of ether oxygens (including phenoxy) is 4. The number of rotatable bonds is 6. The first-order chi connectivity index (χ1) is 17.6. The normalized spacial score (nSPS) is 14.0. The van der Waals surface area contributed by atoms with Crippen LogP contribution in [0.2, 0.25) is 0 Å². The fraction of sp³-hybridized carbons (Fsp3) is 0.240. The second-order valence-electron chi connectivity index (χ2n) is 7.46. The SMILES string of the molecule is C=CC(=O)Nc1ccccc1Nc1nc(Nc2ccc3c(c2)OCCOCCOCCO3)ncc1F. The largest absolute Gasteiger partial charge is 0.487 e. The zero-order valence-corrected chi connectivity index (χ0v) is 19.5. The Balaban J connectivity index is 1.51. The number of nitrogens with zero attached hydrogens (tertiary/aromatic N) is 2. The lowest BCUT2D eigenvalue weighted by Gasteiger charge is -2.16. The Kier molecular flexibility index (Phi) is 8.62. The molecule has 0 spiro atoms. The highest BCUT2D eigenvalue weighted by atomic mass is 19.1. The van der Waals surface area contributed by atoms with Crippen LogP contribution in [0.3, 0.4) is 0 Å². The Morgan fingerprint density at radius 1 is 0.917 bits per heavy atom. The molecule has 1 amide bonds. The van der Waals surface area contributed by atoms with Crippen molar-refractivity contribution in [3.05, 3.63) is 67.1 Å². The van der Waals surface area contributed by atoms with Gasteiger partial charge >= 0.3 is 0 Å². The number of para-hydroxylation sites is 2. The van der Waals surface area contributed by atoms with Gasteiger partial charge in [0.15, 0.2) is 23.1 Å². The molecule has 0 saturated heterocycles. The van der Waals surface area contributed by atoms with Crippen LogP contribution >= 0.6 is 0 Å². The Morgan fingerprint density at radius 3 is 2.36 bits per heavy atom. The summed E-state index contributed by atoms with van der Waals surface area (Å²) in [5, 5.41) is 8.61. The van der Waals surface area contributed by atoms with E-state index in [2.05, 4.69) is 32.5 Å². The number of hydrogen-bond acceptors (Lipinski definition) is 9. The molecule has 11 heteroatoms. The molecule has 0 fully saturated rings. The topological polar surface area (TPSA) is 116 Å². The number of benzene rings is 2. The van der Waals surface area contributed by atoms with Gasteiger partial charge in [-0.25, -0.2) is 9.37 Å². The van der Waals surface area contributed by atoms with Crippen LogP contribution < -0.4 is 25.4 Å². The van der Waals surface area contributed by atoms with Crippen LogP contribution in [-0.2, 0) is 14.3 Å². The molecule has 0 saturated carbocycles. The lowest BCUT2D eigenvalue weighted by Crippen LogP contribution is -2.15. The summed E-state index contributed by atoms with van der Waals surface area (Å²) in [6.45, 7) is 5.98. The van der Waals surface area contributed by atoms with E-state index in [0.717, 1.165) is 12.3 Å². The summed E-state index contributed by atoms with van der Waals surface area (Å²) in [5.74, 6) is 0.0909. The van der Waals surface area contributed by atoms with Crippen molar-refractivity contribution in [2.45, 2.75) is 0 Å². The smallest absolute Gasteiger partial charge is 0.247 e. The predicted octanol–water partition coefficient (Wildman–Crippen LogP) is 4.03. The van der Waals surface area contributed by atoms with Gasteiger partial charge in [-0.1, -0.05) is 18.7 Å². The Bertz CT molecular complexity index is 1210. The molecule has 0 bridgehead atoms. The maximum Gasteiger partial charge on any atom is 0.247 e. The molecule has 1 aliphatic rings. The predicted molar refractivity (Wildman–Crippen MR) is 133 cm³/mol. The van der Waals surface area contributed by atoms with Gasteiger partial charge in [0.05, 0.1) is 44.0 Å². The van der Waals surface area contributed by atoms with Crippen molar-refractivity contribution < 1.29 is 28.1 Å². The van der Waals surface area contributed by atoms with Crippen LogP contribution in [0.15, 0.2) is 61.3 Å². The van der Waals surface area contributed by atoms with Gasteiger partial charge in [0, 0.05) is 11.8 Å². The molecule has 2 aromatic carbocycles. The van der Waals surface area contributed by atoms with Gasteiger partial charge in [0.2, 0.25) is 11.9 Å². The third-order valence-corrected chi connectivity index (χ3v) is 4.91. The maximum absolute atomic E-state index is 14.5. The van der Waals surface area contributed by atoms with Crippen molar-refractivity contribution in [2.24, 2.45) is 0 Å². The van der Waals surface area contributed by atoms with Gasteiger partial charge in [-0.2, -0.15) is 4.98 Å². The van der Waals surface area contributed by atoms with E-state index in [0.29, 0.717) is 68.2 Å². The quantitative estimate of drug-likeness (QED) is 0.436. The highest BCUT2D eigenvalue weighted by Crippen LogP contribution is 2.32. The number of carbonyl (C=O) groups is 1. The van der Waals surface area contributed by atoms with Gasteiger partial charge in [-0.05, 0) is 30.3 Å². The van der Waals surface area contributed by atoms with Crippen LogP contribution in [0, 0.1) is 5.82 Å². The van der Waals surface area contributed by atoms with E-state index in [1.54, 1.807) is 42.5 Å². The lowest BCUT2D eigenvalue weighted by atomic mass is 10.2. The van der Waals surface area contributed by atoms with Crippen molar-refractivity contribution in [3.8, 4) is 11.5 Å². The van der Waals surface area contributed by atoms with Crippen molar-refractivity contribution in [1.29, 1.82) is 0 Å². The van der Waals surface area contributed by atoms with Crippen molar-refractivity contribution in [2.75, 3.05) is 55.6 Å². The van der Waals surface area contributed by atoms with Crippen molar-refractivity contribution in [1.82, 2.24) is 9.97 Å². The minimum absolute atomic E-state index is 0.0733. The first-order valence-corrected chi connectivity index (χ1v) is 11.3. The number of fused-ring (bicyclic) bond motifs is 1. The second-order valence-corrected chi connectivity index (χ2v) is 7.46. The maximum atomic E-state index is 14.5. The van der Waals surface area contributed by atoms with Crippen molar-refractivity contribution >= 4 is 34.7 Å². The number of aromatic nitrogens is 2. The summed E-state index contributed by atoms with van der Waals surface area (Å²) in [6.07, 6.45) is 2.20. The molecule has 0 atom stereocenters. The average Bonchev–Trinajstić information content (AvgIpc) is 2.88. The Hall–Kier alpha value is -4.22. The Morgan fingerprint density at radius 2 is 1.61 bits per heavy atom.